The lowest BCUT2D eigenvalue weighted by molar-refractivity contribution is 0.378. The Kier molecular flexibility index (Phi) is 5.20. The number of hydrogen-bond donors (Lipinski definition) is 3. The van der Waals surface area contributed by atoms with Gasteiger partial charge in [0.25, 0.3) is 0 Å². The SMILES string of the molecule is CC(C)(C)CCN/C(N)=N/c1nc(-c2ccc(CN)o2)cs1. The second-order valence-electron chi connectivity index (χ2n) is 6.22. The summed E-state index contributed by atoms with van der Waals surface area (Å²) in [5.74, 6) is 1.81. The van der Waals surface area contributed by atoms with Gasteiger partial charge in [-0.25, -0.2) is 4.98 Å². The van der Waals surface area contributed by atoms with Gasteiger partial charge in [-0.15, -0.1) is 11.3 Å². The zero-order valence-corrected chi connectivity index (χ0v) is 14.0. The molecule has 0 bridgehead atoms. The Balaban J connectivity index is 1.97. The molecule has 2 aromatic heterocycles. The monoisotopic (exact) mass is 321 g/mol. The molecular formula is C15H23N5OS. The molecule has 0 aliphatic carbocycles. The second-order valence-corrected chi connectivity index (χ2v) is 7.06. The van der Waals surface area contributed by atoms with Crippen molar-refractivity contribution in [1.82, 2.24) is 10.3 Å². The lowest BCUT2D eigenvalue weighted by Gasteiger charge is -2.18. The molecule has 0 amide bonds. The van der Waals surface area contributed by atoms with Gasteiger partial charge in [-0.3, -0.25) is 0 Å². The van der Waals surface area contributed by atoms with E-state index in [9.17, 15) is 0 Å². The maximum Gasteiger partial charge on any atom is 0.212 e. The van der Waals surface area contributed by atoms with E-state index in [0.717, 1.165) is 24.4 Å². The second kappa shape index (κ2) is 6.93. The van der Waals surface area contributed by atoms with Crippen LogP contribution < -0.4 is 16.8 Å². The summed E-state index contributed by atoms with van der Waals surface area (Å²) >= 11 is 1.42. The fraction of sp³-hybridized carbons (Fsp3) is 0.467. The fourth-order valence-electron chi connectivity index (χ4n) is 1.76. The standard InChI is InChI=1S/C15H23N5OS/c1-15(2,3)6-7-18-13(17)20-14-19-11(9-22-14)12-5-4-10(8-16)21-12/h4-5,9H,6-8,16H2,1-3H3,(H3,17,18,19,20). The summed E-state index contributed by atoms with van der Waals surface area (Å²) in [6.45, 7) is 7.73. The van der Waals surface area contributed by atoms with Gasteiger partial charge in [0, 0.05) is 11.9 Å². The maximum atomic E-state index is 5.87. The molecule has 0 spiro atoms. The smallest absolute Gasteiger partial charge is 0.212 e. The fourth-order valence-corrected chi connectivity index (χ4v) is 2.45. The molecule has 0 atom stereocenters. The molecule has 0 radical (unpaired) electrons. The summed E-state index contributed by atoms with van der Waals surface area (Å²) in [4.78, 5) is 8.68. The lowest BCUT2D eigenvalue weighted by Crippen LogP contribution is -2.33. The molecule has 0 unspecified atom stereocenters. The minimum absolute atomic E-state index is 0.265. The first-order valence-electron chi connectivity index (χ1n) is 7.20. The first kappa shape index (κ1) is 16.5. The van der Waals surface area contributed by atoms with E-state index in [0.29, 0.717) is 23.4 Å². The van der Waals surface area contributed by atoms with Gasteiger partial charge >= 0.3 is 0 Å². The van der Waals surface area contributed by atoms with Crippen LogP contribution in [0, 0.1) is 5.41 Å². The van der Waals surface area contributed by atoms with Gasteiger partial charge in [-0.05, 0) is 24.0 Å². The molecule has 0 saturated heterocycles. The molecule has 120 valence electrons. The van der Waals surface area contributed by atoms with Crippen LogP contribution in [0.4, 0.5) is 5.13 Å². The van der Waals surface area contributed by atoms with E-state index in [4.69, 9.17) is 15.9 Å². The Labute approximate surface area is 134 Å². The number of aliphatic imine (C=N–C) groups is 1. The van der Waals surface area contributed by atoms with Crippen LogP contribution in [0.15, 0.2) is 26.9 Å². The number of hydrogen-bond acceptors (Lipinski definition) is 5. The van der Waals surface area contributed by atoms with Gasteiger partial charge in [0.1, 0.15) is 11.5 Å². The molecular weight excluding hydrogens is 298 g/mol. The van der Waals surface area contributed by atoms with E-state index in [1.807, 2.05) is 17.5 Å². The number of rotatable bonds is 5. The van der Waals surface area contributed by atoms with Crippen molar-refractivity contribution in [3.8, 4) is 11.5 Å². The average Bonchev–Trinajstić information content (AvgIpc) is 3.05. The van der Waals surface area contributed by atoms with Crippen LogP contribution in [0.25, 0.3) is 11.5 Å². The number of guanidine groups is 1. The lowest BCUT2D eigenvalue weighted by atomic mass is 9.92. The molecule has 0 aliphatic rings. The summed E-state index contributed by atoms with van der Waals surface area (Å²) in [6, 6.07) is 3.70. The molecule has 0 aliphatic heterocycles. The average molecular weight is 321 g/mol. The van der Waals surface area contributed by atoms with Crippen molar-refractivity contribution in [1.29, 1.82) is 0 Å². The minimum atomic E-state index is 0.265. The Hall–Kier alpha value is -1.86. The van der Waals surface area contributed by atoms with Crippen LogP contribution in [0.1, 0.15) is 33.0 Å². The summed E-state index contributed by atoms with van der Waals surface area (Å²) in [6.07, 6.45) is 1.01. The summed E-state index contributed by atoms with van der Waals surface area (Å²) < 4.78 is 5.56. The number of furan rings is 1. The first-order valence-corrected chi connectivity index (χ1v) is 8.08. The summed E-state index contributed by atoms with van der Waals surface area (Å²) in [5.41, 5.74) is 12.4. The highest BCUT2D eigenvalue weighted by Crippen LogP contribution is 2.27. The van der Waals surface area contributed by atoms with Crippen molar-refractivity contribution in [3.05, 3.63) is 23.3 Å². The molecule has 6 nitrogen and oxygen atoms in total. The number of nitrogens with zero attached hydrogens (tertiary/aromatic N) is 2. The molecule has 2 rings (SSSR count). The van der Waals surface area contributed by atoms with Crippen molar-refractivity contribution in [2.24, 2.45) is 21.9 Å². The predicted octanol–water partition coefficient (Wildman–Crippen LogP) is 2.83. The number of aromatic nitrogens is 1. The Morgan fingerprint density at radius 3 is 2.82 bits per heavy atom. The highest BCUT2D eigenvalue weighted by atomic mass is 32.1. The van der Waals surface area contributed by atoms with E-state index in [2.05, 4.69) is 36.1 Å². The Morgan fingerprint density at radius 1 is 1.41 bits per heavy atom. The van der Waals surface area contributed by atoms with Gasteiger partial charge in [0.2, 0.25) is 5.13 Å². The van der Waals surface area contributed by atoms with Crippen LogP contribution in [0.3, 0.4) is 0 Å². The molecule has 22 heavy (non-hydrogen) atoms. The van der Waals surface area contributed by atoms with Crippen LogP contribution in [0.5, 0.6) is 0 Å². The topological polar surface area (TPSA) is 102 Å². The number of nitrogens with one attached hydrogen (secondary N) is 1. The molecule has 0 saturated carbocycles. The third-order valence-electron chi connectivity index (χ3n) is 3.00. The van der Waals surface area contributed by atoms with Crippen molar-refractivity contribution < 1.29 is 4.42 Å². The Bertz CT molecular complexity index is 638. The molecule has 2 heterocycles. The van der Waals surface area contributed by atoms with E-state index in [-0.39, 0.29) is 5.41 Å². The maximum absolute atomic E-state index is 5.87. The van der Waals surface area contributed by atoms with Gasteiger partial charge in [0.05, 0.1) is 6.54 Å². The summed E-state index contributed by atoms with van der Waals surface area (Å²) in [5, 5.41) is 5.59. The number of thiazole rings is 1. The molecule has 0 fully saturated rings. The van der Waals surface area contributed by atoms with Gasteiger partial charge in [-0.2, -0.15) is 4.99 Å². The van der Waals surface area contributed by atoms with Crippen LogP contribution in [-0.2, 0) is 6.54 Å². The van der Waals surface area contributed by atoms with E-state index in [1.54, 1.807) is 0 Å². The highest BCUT2D eigenvalue weighted by Gasteiger charge is 2.10. The van der Waals surface area contributed by atoms with Crippen molar-refractivity contribution in [3.63, 3.8) is 0 Å². The normalized spacial score (nSPS) is 12.6. The van der Waals surface area contributed by atoms with Crippen molar-refractivity contribution in [2.75, 3.05) is 6.54 Å². The third-order valence-corrected chi connectivity index (χ3v) is 3.74. The van der Waals surface area contributed by atoms with Crippen LogP contribution >= 0.6 is 11.3 Å². The van der Waals surface area contributed by atoms with Crippen LogP contribution in [0.2, 0.25) is 0 Å². The molecule has 2 aromatic rings. The summed E-state index contributed by atoms with van der Waals surface area (Å²) in [7, 11) is 0. The van der Waals surface area contributed by atoms with Gasteiger partial charge < -0.3 is 21.2 Å². The van der Waals surface area contributed by atoms with E-state index < -0.39 is 0 Å². The van der Waals surface area contributed by atoms with Gasteiger partial charge in [-0.1, -0.05) is 20.8 Å². The highest BCUT2D eigenvalue weighted by molar-refractivity contribution is 7.13. The van der Waals surface area contributed by atoms with E-state index in [1.165, 1.54) is 11.3 Å². The van der Waals surface area contributed by atoms with Crippen LogP contribution in [-0.4, -0.2) is 17.5 Å². The first-order chi connectivity index (χ1) is 10.4. The molecule has 7 heteroatoms. The Morgan fingerprint density at radius 2 is 2.18 bits per heavy atom. The quantitative estimate of drug-likeness (QED) is 0.580. The minimum Gasteiger partial charge on any atom is -0.458 e. The van der Waals surface area contributed by atoms with Crippen molar-refractivity contribution in [2.45, 2.75) is 33.7 Å². The third kappa shape index (κ3) is 4.85. The molecule has 5 N–H and O–H groups in total. The predicted molar refractivity (Wildman–Crippen MR) is 91.1 cm³/mol. The number of nitrogens with two attached hydrogens (primary N) is 2. The van der Waals surface area contributed by atoms with E-state index >= 15 is 0 Å². The van der Waals surface area contributed by atoms with Crippen molar-refractivity contribution >= 4 is 22.4 Å². The zero-order chi connectivity index (χ0) is 16.2. The van der Waals surface area contributed by atoms with Gasteiger partial charge in [0.15, 0.2) is 11.7 Å². The largest absolute Gasteiger partial charge is 0.458 e. The zero-order valence-electron chi connectivity index (χ0n) is 13.2. The molecule has 0 aromatic carbocycles.